The van der Waals surface area contributed by atoms with Crippen LogP contribution in [0.25, 0.3) is 21.8 Å². The highest BCUT2D eigenvalue weighted by molar-refractivity contribution is 6.07. The van der Waals surface area contributed by atoms with Gasteiger partial charge >= 0.3 is 0 Å². The maximum atomic E-state index is 13.6. The van der Waals surface area contributed by atoms with Gasteiger partial charge < -0.3 is 19.5 Å². The first-order chi connectivity index (χ1) is 16.6. The Morgan fingerprint density at radius 1 is 1.14 bits per heavy atom. The first-order valence-corrected chi connectivity index (χ1v) is 11.7. The Morgan fingerprint density at radius 2 is 1.97 bits per heavy atom. The Labute approximate surface area is 203 Å². The van der Waals surface area contributed by atoms with Crippen LogP contribution in [-0.2, 0) is 4.74 Å². The smallest absolute Gasteiger partial charge is 0.259 e. The van der Waals surface area contributed by atoms with Gasteiger partial charge in [0.15, 0.2) is 0 Å². The van der Waals surface area contributed by atoms with Crippen molar-refractivity contribution in [1.29, 1.82) is 0 Å². The summed E-state index contributed by atoms with van der Waals surface area (Å²) in [7, 11) is 0. The minimum atomic E-state index is -0.170. The van der Waals surface area contributed by atoms with Crippen molar-refractivity contribution in [3.05, 3.63) is 64.2 Å². The second-order valence-electron chi connectivity index (χ2n) is 9.00. The highest BCUT2D eigenvalue weighted by Crippen LogP contribution is 2.29. The van der Waals surface area contributed by atoms with Gasteiger partial charge in [0.25, 0.3) is 11.5 Å². The van der Waals surface area contributed by atoms with Crippen molar-refractivity contribution in [2.75, 3.05) is 44.3 Å². The van der Waals surface area contributed by atoms with Gasteiger partial charge in [-0.2, -0.15) is 5.10 Å². The number of rotatable bonds is 3. The molecule has 0 radical (unpaired) electrons. The molecule has 1 amide bonds. The van der Waals surface area contributed by atoms with Crippen LogP contribution in [0.1, 0.15) is 35.8 Å². The second kappa shape index (κ2) is 9.14. The van der Waals surface area contributed by atoms with Crippen LogP contribution in [0.15, 0.2) is 47.5 Å². The number of aromatic amines is 1. The zero-order valence-corrected chi connectivity index (χ0v) is 19.0. The van der Waals surface area contributed by atoms with E-state index in [9.17, 15) is 9.59 Å². The molecule has 2 aliphatic rings. The lowest BCUT2D eigenvalue weighted by atomic mass is 10.0. The largest absolute Gasteiger partial charge is 0.379 e. The van der Waals surface area contributed by atoms with E-state index in [0.29, 0.717) is 42.8 Å². The Bertz CT molecular complexity index is 1430. The van der Waals surface area contributed by atoms with E-state index in [1.165, 1.54) is 0 Å². The van der Waals surface area contributed by atoms with E-state index in [1.807, 2.05) is 46.8 Å². The van der Waals surface area contributed by atoms with Crippen LogP contribution in [0.2, 0.25) is 0 Å². The van der Waals surface area contributed by atoms with Gasteiger partial charge in [0, 0.05) is 49.9 Å². The molecule has 0 saturated carbocycles. The normalized spacial score (nSPS) is 18.3. The molecule has 4 aromatic rings. The first-order valence-electron chi connectivity index (χ1n) is 11.7. The predicted molar refractivity (Wildman–Crippen MR) is 136 cm³/mol. The summed E-state index contributed by atoms with van der Waals surface area (Å²) in [5.41, 5.74) is 2.81. The molecule has 0 unspecified atom stereocenters. The molecule has 35 heavy (non-hydrogen) atoms. The number of hydrogen-bond acceptors (Lipinski definition) is 6. The topological polar surface area (TPSA) is 96.3 Å². The van der Waals surface area contributed by atoms with E-state index >= 15 is 0 Å². The quantitative estimate of drug-likeness (QED) is 0.490. The maximum absolute atomic E-state index is 13.6. The lowest BCUT2D eigenvalue weighted by Crippen LogP contribution is -2.49. The van der Waals surface area contributed by atoms with E-state index in [-0.39, 0.29) is 24.9 Å². The molecule has 1 atom stereocenters. The van der Waals surface area contributed by atoms with E-state index < -0.39 is 0 Å². The summed E-state index contributed by atoms with van der Waals surface area (Å²) in [5, 5.41) is 5.89. The van der Waals surface area contributed by atoms with Crippen LogP contribution in [0.4, 0.5) is 5.82 Å². The molecular formula is C26H30N6O3. The number of carbonyl (C=O) groups excluding carboxylic acids is 1. The van der Waals surface area contributed by atoms with Crippen molar-refractivity contribution < 1.29 is 9.53 Å². The van der Waals surface area contributed by atoms with Crippen molar-refractivity contribution in [2.24, 2.45) is 0 Å². The molecule has 5 heterocycles. The van der Waals surface area contributed by atoms with Crippen LogP contribution >= 0.6 is 0 Å². The fraction of sp³-hybridized carbons (Fsp3) is 0.385. The zero-order valence-electron chi connectivity index (χ0n) is 19.0. The molecule has 2 saturated heterocycles. The SMILES string of the molecule is C.Cc1cc2[nH]c(=O)c3cnn([C@H]4CCOC4)c3c2cc1C(=O)N1CCN(c2ccccn2)CC1. The van der Waals surface area contributed by atoms with Crippen LogP contribution in [0.3, 0.4) is 0 Å². The predicted octanol–water partition coefficient (Wildman–Crippen LogP) is 3.14. The number of H-pyrrole nitrogens is 1. The lowest BCUT2D eigenvalue weighted by Gasteiger charge is -2.35. The third-order valence-corrected chi connectivity index (χ3v) is 6.93. The average Bonchev–Trinajstić information content (AvgIpc) is 3.55. The lowest BCUT2D eigenvalue weighted by molar-refractivity contribution is 0.0746. The zero-order chi connectivity index (χ0) is 23.2. The molecule has 6 rings (SSSR count). The van der Waals surface area contributed by atoms with Crippen molar-refractivity contribution in [2.45, 2.75) is 26.8 Å². The van der Waals surface area contributed by atoms with E-state index in [2.05, 4.69) is 20.0 Å². The number of carbonyl (C=O) groups is 1. The van der Waals surface area contributed by atoms with Gasteiger partial charge in [0.05, 0.1) is 35.3 Å². The number of fused-ring (bicyclic) bond motifs is 3. The van der Waals surface area contributed by atoms with Crippen LogP contribution in [0.5, 0.6) is 0 Å². The third-order valence-electron chi connectivity index (χ3n) is 6.93. The van der Waals surface area contributed by atoms with Crippen LogP contribution in [-0.4, -0.2) is 69.9 Å². The van der Waals surface area contributed by atoms with Gasteiger partial charge in [-0.15, -0.1) is 0 Å². The van der Waals surface area contributed by atoms with Gasteiger partial charge in [-0.3, -0.25) is 14.3 Å². The van der Waals surface area contributed by atoms with E-state index in [1.54, 1.807) is 12.4 Å². The number of nitrogens with zero attached hydrogens (tertiary/aromatic N) is 5. The standard InChI is InChI=1S/C25H26N6O3.CH4/c1-16-12-21-19(23-20(24(32)28-21)14-27-31(23)17-5-11-34-15-17)13-18(16)25(33)30-9-7-29(8-10-30)22-4-2-3-6-26-22;/h2-4,6,12-14,17H,5,7-11,15H2,1H3,(H,28,32);1H4/t17-;/m0./s1. The van der Waals surface area contributed by atoms with Crippen molar-refractivity contribution in [3.8, 4) is 0 Å². The number of benzene rings is 1. The Hall–Kier alpha value is -3.72. The highest BCUT2D eigenvalue weighted by atomic mass is 16.5. The summed E-state index contributed by atoms with van der Waals surface area (Å²) >= 11 is 0. The number of aromatic nitrogens is 4. The summed E-state index contributed by atoms with van der Waals surface area (Å²) in [4.78, 5) is 37.8. The number of piperazine rings is 1. The van der Waals surface area contributed by atoms with Gasteiger partial charge in [-0.1, -0.05) is 13.5 Å². The third kappa shape index (κ3) is 3.95. The number of amides is 1. The van der Waals surface area contributed by atoms with Gasteiger partial charge in [0.1, 0.15) is 5.82 Å². The van der Waals surface area contributed by atoms with Crippen LogP contribution < -0.4 is 10.5 Å². The van der Waals surface area contributed by atoms with Gasteiger partial charge in [-0.25, -0.2) is 4.98 Å². The Balaban J connectivity index is 0.00000253. The minimum absolute atomic E-state index is 0. The molecule has 9 nitrogen and oxygen atoms in total. The van der Waals surface area contributed by atoms with E-state index in [4.69, 9.17) is 4.74 Å². The molecule has 0 spiro atoms. The van der Waals surface area contributed by atoms with Crippen molar-refractivity contribution in [3.63, 3.8) is 0 Å². The number of hydrogen-bond donors (Lipinski definition) is 1. The van der Waals surface area contributed by atoms with Crippen molar-refractivity contribution >= 4 is 33.5 Å². The molecule has 3 aromatic heterocycles. The molecule has 182 valence electrons. The molecule has 0 aliphatic carbocycles. The summed E-state index contributed by atoms with van der Waals surface area (Å²) in [6.45, 7) is 5.91. The minimum Gasteiger partial charge on any atom is -0.379 e. The van der Waals surface area contributed by atoms with Crippen molar-refractivity contribution in [1.82, 2.24) is 24.6 Å². The Kier molecular flexibility index (Phi) is 6.02. The number of pyridine rings is 2. The number of aryl methyl sites for hydroxylation is 1. The number of nitrogens with one attached hydrogen (secondary N) is 1. The average molecular weight is 475 g/mol. The monoisotopic (exact) mass is 474 g/mol. The van der Waals surface area contributed by atoms with E-state index in [0.717, 1.165) is 41.8 Å². The summed E-state index contributed by atoms with van der Waals surface area (Å²) < 4.78 is 7.46. The Morgan fingerprint density at radius 3 is 2.69 bits per heavy atom. The molecular weight excluding hydrogens is 444 g/mol. The number of ether oxygens (including phenoxy) is 1. The second-order valence-corrected chi connectivity index (χ2v) is 9.00. The maximum Gasteiger partial charge on any atom is 0.259 e. The van der Waals surface area contributed by atoms with Crippen LogP contribution in [0, 0.1) is 6.92 Å². The molecule has 2 fully saturated rings. The molecule has 0 bridgehead atoms. The summed E-state index contributed by atoms with van der Waals surface area (Å²) in [5.74, 6) is 0.946. The summed E-state index contributed by atoms with van der Waals surface area (Å²) in [6.07, 6.45) is 4.26. The fourth-order valence-electron chi connectivity index (χ4n) is 5.07. The van der Waals surface area contributed by atoms with Gasteiger partial charge in [-0.05, 0) is 43.2 Å². The molecule has 1 N–H and O–H groups in total. The fourth-order valence-corrected chi connectivity index (χ4v) is 5.07. The van der Waals surface area contributed by atoms with Gasteiger partial charge in [0.2, 0.25) is 0 Å². The molecule has 1 aromatic carbocycles. The molecule has 2 aliphatic heterocycles. The summed E-state index contributed by atoms with van der Waals surface area (Å²) in [6, 6.07) is 9.78. The highest BCUT2D eigenvalue weighted by Gasteiger charge is 2.26. The number of anilines is 1. The first kappa shape index (κ1) is 23.0. The molecule has 9 heteroatoms.